The van der Waals surface area contributed by atoms with Gasteiger partial charge in [0.2, 0.25) is 23.5 Å². The minimum Gasteiger partial charge on any atom is -0.480 e. The molecule has 0 bridgehead atoms. The molecular weight excluding hydrogens is 559 g/mol. The lowest BCUT2D eigenvalue weighted by atomic mass is 9.96. The molecular formula is C31H39FN4O7. The second-order valence-electron chi connectivity index (χ2n) is 11.0. The Hall–Kier alpha value is -4.61. The molecule has 4 unspecified atom stereocenters. The van der Waals surface area contributed by atoms with Crippen molar-refractivity contribution in [1.29, 1.82) is 0 Å². The van der Waals surface area contributed by atoms with Gasteiger partial charge in [0.05, 0.1) is 12.5 Å². The highest BCUT2D eigenvalue weighted by Gasteiger charge is 2.36. The molecule has 0 radical (unpaired) electrons. The van der Waals surface area contributed by atoms with Gasteiger partial charge in [-0.25, -0.2) is 9.18 Å². The average molecular weight is 599 g/mol. The molecule has 232 valence electrons. The Morgan fingerprint density at radius 2 is 1.44 bits per heavy atom. The van der Waals surface area contributed by atoms with Gasteiger partial charge in [0.15, 0.2) is 0 Å². The van der Waals surface area contributed by atoms with Gasteiger partial charge >= 0.3 is 5.97 Å². The van der Waals surface area contributed by atoms with Crippen LogP contribution < -0.4 is 21.3 Å². The summed E-state index contributed by atoms with van der Waals surface area (Å²) in [6, 6.07) is 10.5. The highest BCUT2D eigenvalue weighted by Crippen LogP contribution is 2.12. The fourth-order valence-corrected chi connectivity index (χ4v) is 4.02. The summed E-state index contributed by atoms with van der Waals surface area (Å²) in [5.74, 6) is -6.40. The van der Waals surface area contributed by atoms with E-state index in [4.69, 9.17) is 0 Å². The zero-order chi connectivity index (χ0) is 32.3. The van der Waals surface area contributed by atoms with E-state index in [0.717, 1.165) is 0 Å². The zero-order valence-corrected chi connectivity index (χ0v) is 24.9. The van der Waals surface area contributed by atoms with Crippen molar-refractivity contribution in [1.82, 2.24) is 21.3 Å². The lowest BCUT2D eigenvalue weighted by molar-refractivity contribution is -0.147. The van der Waals surface area contributed by atoms with Crippen LogP contribution in [0, 0.1) is 11.7 Å². The molecule has 4 atom stereocenters. The van der Waals surface area contributed by atoms with Crippen molar-refractivity contribution in [3.05, 3.63) is 71.5 Å². The number of halogens is 1. The van der Waals surface area contributed by atoms with E-state index >= 15 is 0 Å². The highest BCUT2D eigenvalue weighted by atomic mass is 19.1. The minimum atomic E-state index is -1.62. The number of rotatable bonds is 15. The summed E-state index contributed by atoms with van der Waals surface area (Å²) in [6.45, 7) is 7.27. The van der Waals surface area contributed by atoms with Crippen LogP contribution in [0.4, 0.5) is 4.39 Å². The Morgan fingerprint density at radius 3 is 2.00 bits per heavy atom. The molecule has 0 heterocycles. The number of aliphatic carboxylic acids is 1. The Balaban J connectivity index is 2.15. The van der Waals surface area contributed by atoms with Crippen molar-refractivity contribution in [2.75, 3.05) is 0 Å². The van der Waals surface area contributed by atoms with Gasteiger partial charge in [0.25, 0.3) is 5.91 Å². The van der Waals surface area contributed by atoms with E-state index in [-0.39, 0.29) is 12.8 Å². The maximum Gasteiger partial charge on any atom is 0.328 e. The van der Waals surface area contributed by atoms with E-state index in [9.17, 15) is 38.3 Å². The molecule has 5 N–H and O–H groups in total. The molecule has 2 aromatic rings. The van der Waals surface area contributed by atoms with E-state index < -0.39 is 70.8 Å². The van der Waals surface area contributed by atoms with Gasteiger partial charge in [-0.3, -0.25) is 24.0 Å². The molecule has 0 spiro atoms. The summed E-state index contributed by atoms with van der Waals surface area (Å²) in [4.78, 5) is 76.1. The first-order valence-electron chi connectivity index (χ1n) is 13.9. The van der Waals surface area contributed by atoms with Gasteiger partial charge in [-0.1, -0.05) is 62.7 Å². The molecule has 0 saturated heterocycles. The fraction of sp³-hybridized carbons (Fsp3) is 0.419. The van der Waals surface area contributed by atoms with Crippen LogP contribution in [0.1, 0.15) is 52.2 Å². The van der Waals surface area contributed by atoms with Crippen LogP contribution in [0.3, 0.4) is 0 Å². The van der Waals surface area contributed by atoms with Crippen LogP contribution in [-0.4, -0.2) is 64.2 Å². The average Bonchev–Trinajstić information content (AvgIpc) is 2.95. The standard InChI is InChI=1S/C31H39FN4O7/c1-6-18(2)25(28(40)36-31(4,5)30(42)43)35-29(41)26(38)19(3)33-27(39)23(16-21-12-14-22(32)15-13-21)34-24(37)17-20-10-8-7-9-11-20/h7-15,18-19,23,25H,6,16-17H2,1-5H3,(H,33,39)(H,34,37)(H,35,41)(H,36,40)(H,42,43). The van der Waals surface area contributed by atoms with E-state index in [2.05, 4.69) is 21.3 Å². The van der Waals surface area contributed by atoms with Gasteiger partial charge in [-0.05, 0) is 49.9 Å². The number of amides is 4. The van der Waals surface area contributed by atoms with Gasteiger partial charge in [0, 0.05) is 6.42 Å². The number of benzene rings is 2. The topological polar surface area (TPSA) is 171 Å². The number of hydrogen-bond acceptors (Lipinski definition) is 6. The summed E-state index contributed by atoms with van der Waals surface area (Å²) in [6.07, 6.45) is 0.401. The number of carbonyl (C=O) groups is 6. The number of Topliss-reactive ketones (excluding diaryl/α,β-unsaturated/α-hetero) is 1. The molecule has 4 amide bonds. The van der Waals surface area contributed by atoms with Gasteiger partial charge in [-0.2, -0.15) is 0 Å². The van der Waals surface area contributed by atoms with Crippen molar-refractivity contribution in [2.24, 2.45) is 5.92 Å². The summed E-state index contributed by atoms with van der Waals surface area (Å²) in [5, 5.41) is 19.1. The lowest BCUT2D eigenvalue weighted by Gasteiger charge is -2.28. The molecule has 0 saturated carbocycles. The van der Waals surface area contributed by atoms with Crippen LogP contribution in [0.5, 0.6) is 0 Å². The van der Waals surface area contributed by atoms with E-state index in [1.54, 1.807) is 44.2 Å². The molecule has 0 aliphatic heterocycles. The number of ketones is 1. The Bertz CT molecular complexity index is 1320. The third kappa shape index (κ3) is 10.6. The lowest BCUT2D eigenvalue weighted by Crippen LogP contribution is -2.60. The second-order valence-corrected chi connectivity index (χ2v) is 11.0. The molecule has 0 aliphatic carbocycles. The summed E-state index contributed by atoms with van der Waals surface area (Å²) < 4.78 is 13.4. The Kier molecular flexibility index (Phi) is 12.5. The third-order valence-electron chi connectivity index (χ3n) is 6.94. The maximum absolute atomic E-state index is 13.4. The molecule has 2 aromatic carbocycles. The van der Waals surface area contributed by atoms with Crippen LogP contribution in [-0.2, 0) is 41.6 Å². The van der Waals surface area contributed by atoms with Crippen molar-refractivity contribution in [2.45, 2.75) is 77.5 Å². The largest absolute Gasteiger partial charge is 0.480 e. The third-order valence-corrected chi connectivity index (χ3v) is 6.94. The Morgan fingerprint density at radius 1 is 0.837 bits per heavy atom. The van der Waals surface area contributed by atoms with Gasteiger partial charge < -0.3 is 26.4 Å². The number of carboxylic acids is 1. The van der Waals surface area contributed by atoms with Gasteiger partial charge in [0.1, 0.15) is 23.4 Å². The first-order valence-corrected chi connectivity index (χ1v) is 13.9. The monoisotopic (exact) mass is 598 g/mol. The van der Waals surface area contributed by atoms with Crippen LogP contribution in [0.15, 0.2) is 54.6 Å². The predicted molar refractivity (Wildman–Crippen MR) is 156 cm³/mol. The van der Waals surface area contributed by atoms with Crippen molar-refractivity contribution in [3.63, 3.8) is 0 Å². The summed E-state index contributed by atoms with van der Waals surface area (Å²) in [7, 11) is 0. The smallest absolute Gasteiger partial charge is 0.328 e. The molecule has 0 fully saturated rings. The number of nitrogens with one attached hydrogen (secondary N) is 4. The number of carboxylic acid groups (broad SMARTS) is 1. The summed E-state index contributed by atoms with van der Waals surface area (Å²) in [5.41, 5.74) is -0.360. The van der Waals surface area contributed by atoms with Crippen LogP contribution >= 0.6 is 0 Å². The maximum atomic E-state index is 13.4. The van der Waals surface area contributed by atoms with E-state index in [1.807, 2.05) is 0 Å². The SMILES string of the molecule is CCC(C)C(NC(=O)C(=O)C(C)NC(=O)C(Cc1ccc(F)cc1)NC(=O)Cc1ccccc1)C(=O)NC(C)(C)C(=O)O. The Labute approximate surface area is 250 Å². The number of carbonyl (C=O) groups excluding carboxylic acids is 5. The molecule has 0 aliphatic rings. The van der Waals surface area contributed by atoms with Crippen molar-refractivity contribution >= 4 is 35.4 Å². The fourth-order valence-electron chi connectivity index (χ4n) is 4.02. The quantitative estimate of drug-likeness (QED) is 0.194. The molecule has 2 rings (SSSR count). The second kappa shape index (κ2) is 15.6. The van der Waals surface area contributed by atoms with Crippen LogP contribution in [0.25, 0.3) is 0 Å². The minimum absolute atomic E-state index is 0.0112. The number of hydrogen-bond donors (Lipinski definition) is 5. The predicted octanol–water partition coefficient (Wildman–Crippen LogP) is 1.68. The zero-order valence-electron chi connectivity index (χ0n) is 24.9. The van der Waals surface area contributed by atoms with Crippen molar-refractivity contribution in [3.8, 4) is 0 Å². The first-order chi connectivity index (χ1) is 20.1. The molecule has 43 heavy (non-hydrogen) atoms. The van der Waals surface area contributed by atoms with Crippen molar-refractivity contribution < 1.29 is 38.3 Å². The van der Waals surface area contributed by atoms with Gasteiger partial charge in [-0.15, -0.1) is 0 Å². The molecule has 12 heteroatoms. The molecule has 11 nitrogen and oxygen atoms in total. The van der Waals surface area contributed by atoms with E-state index in [1.165, 1.54) is 45.0 Å². The highest BCUT2D eigenvalue weighted by molar-refractivity contribution is 6.38. The van der Waals surface area contributed by atoms with Crippen LogP contribution in [0.2, 0.25) is 0 Å². The summed E-state index contributed by atoms with van der Waals surface area (Å²) >= 11 is 0. The normalized spacial score (nSPS) is 13.9. The first kappa shape index (κ1) is 34.6. The van der Waals surface area contributed by atoms with E-state index in [0.29, 0.717) is 17.5 Å². The molecule has 0 aromatic heterocycles.